The number of nitrogens with one attached hydrogen (secondary N) is 1. The first-order chi connectivity index (χ1) is 8.83. The SMILES string of the molecule is Nc1cc2ccccc2c2[nH]c(C3COC3)nc12. The van der Waals surface area contributed by atoms with Crippen LogP contribution in [0.3, 0.4) is 0 Å². The van der Waals surface area contributed by atoms with Gasteiger partial charge in [-0.15, -0.1) is 0 Å². The predicted molar refractivity (Wildman–Crippen MR) is 71.6 cm³/mol. The van der Waals surface area contributed by atoms with Crippen molar-refractivity contribution in [2.75, 3.05) is 18.9 Å². The molecule has 2 aromatic carbocycles. The summed E-state index contributed by atoms with van der Waals surface area (Å²) < 4.78 is 5.21. The topological polar surface area (TPSA) is 63.9 Å². The molecule has 4 heteroatoms. The molecule has 0 bridgehead atoms. The van der Waals surface area contributed by atoms with Crippen LogP contribution in [0.25, 0.3) is 21.8 Å². The van der Waals surface area contributed by atoms with E-state index in [2.05, 4.69) is 22.1 Å². The average Bonchev–Trinajstić information content (AvgIpc) is 2.72. The van der Waals surface area contributed by atoms with Gasteiger partial charge in [-0.2, -0.15) is 0 Å². The van der Waals surface area contributed by atoms with Crippen molar-refractivity contribution in [1.29, 1.82) is 0 Å². The van der Waals surface area contributed by atoms with Gasteiger partial charge in [0.15, 0.2) is 0 Å². The van der Waals surface area contributed by atoms with Gasteiger partial charge in [-0.3, -0.25) is 0 Å². The molecule has 18 heavy (non-hydrogen) atoms. The summed E-state index contributed by atoms with van der Waals surface area (Å²) in [6.45, 7) is 1.50. The standard InChI is InChI=1S/C14H13N3O/c15-11-5-8-3-1-2-4-10(8)12-13(11)17-14(16-12)9-6-18-7-9/h1-5,9H,6-7,15H2,(H,16,17). The number of H-pyrrole nitrogens is 1. The normalized spacial score (nSPS) is 16.2. The number of anilines is 1. The summed E-state index contributed by atoms with van der Waals surface area (Å²) in [5.74, 6) is 1.37. The molecule has 1 saturated heterocycles. The second-order valence-electron chi connectivity index (χ2n) is 4.77. The Hall–Kier alpha value is -2.07. The highest BCUT2D eigenvalue weighted by atomic mass is 16.5. The Morgan fingerprint density at radius 1 is 1.28 bits per heavy atom. The van der Waals surface area contributed by atoms with Gasteiger partial charge in [0.25, 0.3) is 0 Å². The quantitative estimate of drug-likeness (QED) is 0.641. The number of ether oxygens (including phenoxy) is 1. The lowest BCUT2D eigenvalue weighted by molar-refractivity contribution is 0.00531. The Balaban J connectivity index is 2.06. The number of rotatable bonds is 1. The van der Waals surface area contributed by atoms with E-state index in [1.54, 1.807) is 0 Å². The van der Waals surface area contributed by atoms with E-state index < -0.39 is 0 Å². The summed E-state index contributed by atoms with van der Waals surface area (Å²) in [5, 5.41) is 2.31. The first kappa shape index (κ1) is 9.91. The maximum Gasteiger partial charge on any atom is 0.115 e. The van der Waals surface area contributed by atoms with E-state index in [1.165, 1.54) is 5.39 Å². The summed E-state index contributed by atoms with van der Waals surface area (Å²) in [6.07, 6.45) is 0. The molecule has 2 heterocycles. The van der Waals surface area contributed by atoms with Crippen LogP contribution in [0.2, 0.25) is 0 Å². The average molecular weight is 239 g/mol. The van der Waals surface area contributed by atoms with Crippen LogP contribution in [-0.4, -0.2) is 23.2 Å². The third-order valence-electron chi connectivity index (χ3n) is 3.56. The molecule has 0 saturated carbocycles. The molecule has 1 aliphatic heterocycles. The zero-order valence-corrected chi connectivity index (χ0v) is 9.81. The summed E-state index contributed by atoms with van der Waals surface area (Å²) in [7, 11) is 0. The van der Waals surface area contributed by atoms with E-state index in [9.17, 15) is 0 Å². The molecule has 0 amide bonds. The molecule has 0 atom stereocenters. The van der Waals surface area contributed by atoms with Gasteiger partial charge in [0.1, 0.15) is 11.3 Å². The van der Waals surface area contributed by atoms with E-state index >= 15 is 0 Å². The van der Waals surface area contributed by atoms with Crippen LogP contribution in [0, 0.1) is 0 Å². The van der Waals surface area contributed by atoms with Crippen molar-refractivity contribution in [3.05, 3.63) is 36.2 Å². The van der Waals surface area contributed by atoms with E-state index in [-0.39, 0.29) is 0 Å². The van der Waals surface area contributed by atoms with Gasteiger partial charge in [-0.25, -0.2) is 4.98 Å². The molecular weight excluding hydrogens is 226 g/mol. The fraction of sp³-hybridized carbons (Fsp3) is 0.214. The summed E-state index contributed by atoms with van der Waals surface area (Å²) >= 11 is 0. The Kier molecular flexibility index (Phi) is 1.91. The number of hydrogen-bond acceptors (Lipinski definition) is 3. The Labute approximate surface area is 104 Å². The van der Waals surface area contributed by atoms with Crippen molar-refractivity contribution in [2.45, 2.75) is 5.92 Å². The Morgan fingerprint density at radius 2 is 2.11 bits per heavy atom. The molecular formula is C14H13N3O. The van der Waals surface area contributed by atoms with Crippen LogP contribution in [0.1, 0.15) is 11.7 Å². The van der Waals surface area contributed by atoms with Crippen LogP contribution in [0.4, 0.5) is 5.69 Å². The molecule has 90 valence electrons. The maximum atomic E-state index is 6.08. The molecule has 0 aliphatic carbocycles. The van der Waals surface area contributed by atoms with Gasteiger partial charge in [-0.1, -0.05) is 24.3 Å². The van der Waals surface area contributed by atoms with E-state index in [0.29, 0.717) is 5.92 Å². The smallest absolute Gasteiger partial charge is 0.115 e. The number of fused-ring (bicyclic) bond motifs is 3. The number of nitrogens with two attached hydrogens (primary N) is 1. The zero-order chi connectivity index (χ0) is 12.1. The lowest BCUT2D eigenvalue weighted by atomic mass is 10.1. The molecule has 4 rings (SSSR count). The van der Waals surface area contributed by atoms with Gasteiger partial charge < -0.3 is 15.5 Å². The molecule has 0 unspecified atom stereocenters. The van der Waals surface area contributed by atoms with E-state index in [4.69, 9.17) is 10.5 Å². The summed E-state index contributed by atoms with van der Waals surface area (Å²) in [6, 6.07) is 10.2. The lowest BCUT2D eigenvalue weighted by Crippen LogP contribution is -2.26. The monoisotopic (exact) mass is 239 g/mol. The highest BCUT2D eigenvalue weighted by Gasteiger charge is 2.24. The number of aromatic amines is 1. The first-order valence-corrected chi connectivity index (χ1v) is 6.07. The lowest BCUT2D eigenvalue weighted by Gasteiger charge is -2.23. The molecule has 4 nitrogen and oxygen atoms in total. The second-order valence-corrected chi connectivity index (χ2v) is 4.77. The first-order valence-electron chi connectivity index (χ1n) is 6.07. The molecule has 0 spiro atoms. The number of aromatic nitrogens is 2. The predicted octanol–water partition coefficient (Wildman–Crippen LogP) is 2.41. The molecule has 3 aromatic rings. The van der Waals surface area contributed by atoms with Gasteiger partial charge in [0, 0.05) is 5.39 Å². The summed E-state index contributed by atoms with van der Waals surface area (Å²) in [5.41, 5.74) is 8.72. The Bertz CT molecular complexity index is 743. The molecule has 3 N–H and O–H groups in total. The molecule has 1 aliphatic rings. The van der Waals surface area contributed by atoms with Crippen molar-refractivity contribution >= 4 is 27.5 Å². The highest BCUT2D eigenvalue weighted by molar-refractivity contribution is 6.09. The zero-order valence-electron chi connectivity index (χ0n) is 9.81. The molecule has 1 aromatic heterocycles. The molecule has 1 fully saturated rings. The van der Waals surface area contributed by atoms with E-state index in [0.717, 1.165) is 41.1 Å². The van der Waals surface area contributed by atoms with E-state index in [1.807, 2.05) is 18.2 Å². The number of hydrogen-bond donors (Lipinski definition) is 2. The van der Waals surface area contributed by atoms with Crippen molar-refractivity contribution < 1.29 is 4.74 Å². The fourth-order valence-electron chi connectivity index (χ4n) is 2.47. The number of nitrogen functional groups attached to an aromatic ring is 1. The number of benzene rings is 2. The van der Waals surface area contributed by atoms with Crippen molar-refractivity contribution in [2.24, 2.45) is 0 Å². The van der Waals surface area contributed by atoms with Crippen LogP contribution in [0.15, 0.2) is 30.3 Å². The van der Waals surface area contributed by atoms with Gasteiger partial charge in [-0.05, 0) is 11.5 Å². The second kappa shape index (κ2) is 3.46. The van der Waals surface area contributed by atoms with Gasteiger partial charge in [0.05, 0.1) is 30.3 Å². The van der Waals surface area contributed by atoms with Gasteiger partial charge in [0.2, 0.25) is 0 Å². The molecule has 0 radical (unpaired) electrons. The minimum absolute atomic E-state index is 0.385. The third kappa shape index (κ3) is 1.26. The van der Waals surface area contributed by atoms with Crippen LogP contribution >= 0.6 is 0 Å². The van der Waals surface area contributed by atoms with Crippen molar-refractivity contribution in [3.63, 3.8) is 0 Å². The third-order valence-corrected chi connectivity index (χ3v) is 3.56. The largest absolute Gasteiger partial charge is 0.397 e. The van der Waals surface area contributed by atoms with Crippen molar-refractivity contribution in [3.8, 4) is 0 Å². The van der Waals surface area contributed by atoms with Crippen LogP contribution < -0.4 is 5.73 Å². The number of imidazole rings is 1. The van der Waals surface area contributed by atoms with Crippen molar-refractivity contribution in [1.82, 2.24) is 9.97 Å². The summed E-state index contributed by atoms with van der Waals surface area (Å²) in [4.78, 5) is 8.03. The maximum absolute atomic E-state index is 6.08. The highest BCUT2D eigenvalue weighted by Crippen LogP contribution is 2.31. The van der Waals surface area contributed by atoms with Gasteiger partial charge >= 0.3 is 0 Å². The minimum atomic E-state index is 0.385. The fourth-order valence-corrected chi connectivity index (χ4v) is 2.47. The minimum Gasteiger partial charge on any atom is -0.397 e. The Morgan fingerprint density at radius 3 is 2.89 bits per heavy atom. The van der Waals surface area contributed by atoms with Crippen LogP contribution in [-0.2, 0) is 4.74 Å². The van der Waals surface area contributed by atoms with Crippen LogP contribution in [0.5, 0.6) is 0 Å². The number of nitrogens with zero attached hydrogens (tertiary/aromatic N) is 1.